The molecule has 1 aliphatic carbocycles. The van der Waals surface area contributed by atoms with Gasteiger partial charge in [-0.3, -0.25) is 14.5 Å². The number of hydrogen-bond donors (Lipinski definition) is 0. The Balaban J connectivity index is 1.25. The van der Waals surface area contributed by atoms with Gasteiger partial charge in [-0.2, -0.15) is 0 Å². The van der Waals surface area contributed by atoms with Crippen LogP contribution in [0.3, 0.4) is 0 Å². The van der Waals surface area contributed by atoms with Gasteiger partial charge in [-0.1, -0.05) is 227 Å². The Morgan fingerprint density at radius 3 is 1.47 bits per heavy atom. The predicted molar refractivity (Wildman–Crippen MR) is 301 cm³/mol. The van der Waals surface area contributed by atoms with Crippen molar-refractivity contribution in [3.8, 4) is 11.1 Å². The van der Waals surface area contributed by atoms with E-state index in [1.807, 2.05) is 152 Å². The second kappa shape index (κ2) is 26.5. The molecule has 0 unspecified atom stereocenters. The molecule has 1 aliphatic rings. The standard InChI is InChI=1S/C65H69NO9Si/c1-6-41-66(64(69)74-46-57-55-39-25-23-37-53(55)54-38-24-26-40-56(54)57)58(42-60(68)70-7-2)61(71-43-48-27-13-8-14-28-48)63(73-45-50-31-17-10-18-32-50)62(72-44-49-29-15-9-16-30-49)59(67)47-75-76(65(3,4)5,51-33-19-11-20-34-51)52-35-21-12-22-36-52/h6,8-40,57-58,61-63H,1,7,41-47H2,2-5H3/t58-,61+,62-,63-/m1/s1. The van der Waals surface area contributed by atoms with Crippen molar-refractivity contribution in [3.05, 3.63) is 241 Å². The molecule has 0 aliphatic heterocycles. The highest BCUT2D eigenvalue weighted by atomic mass is 28.4. The van der Waals surface area contributed by atoms with Crippen LogP contribution in [-0.4, -0.2) is 81.8 Å². The van der Waals surface area contributed by atoms with Crippen LogP contribution in [0.15, 0.2) is 213 Å². The molecular weight excluding hydrogens is 967 g/mol. The van der Waals surface area contributed by atoms with E-state index in [1.54, 1.807) is 13.0 Å². The zero-order chi connectivity index (χ0) is 53.3. The lowest BCUT2D eigenvalue weighted by molar-refractivity contribution is -0.180. The minimum Gasteiger partial charge on any atom is -0.466 e. The molecule has 0 saturated carbocycles. The van der Waals surface area contributed by atoms with Gasteiger partial charge in [-0.25, -0.2) is 4.79 Å². The molecule has 8 rings (SSSR count). The molecule has 0 aromatic heterocycles. The molecule has 0 saturated heterocycles. The molecule has 0 heterocycles. The number of Topliss-reactive ketones (excluding diaryl/α,β-unsaturated/α-hetero) is 1. The number of carbonyl (C=O) groups excluding carboxylic acids is 3. The topological polar surface area (TPSA) is 110 Å². The zero-order valence-electron chi connectivity index (χ0n) is 44.0. The molecule has 0 radical (unpaired) electrons. The quantitative estimate of drug-likeness (QED) is 0.0297. The smallest absolute Gasteiger partial charge is 0.410 e. The Morgan fingerprint density at radius 2 is 1.01 bits per heavy atom. The van der Waals surface area contributed by atoms with Gasteiger partial charge in [0.1, 0.15) is 24.9 Å². The number of nitrogens with zero attached hydrogens (tertiary/aromatic N) is 1. The van der Waals surface area contributed by atoms with Crippen LogP contribution in [0.5, 0.6) is 0 Å². The van der Waals surface area contributed by atoms with Crippen LogP contribution < -0.4 is 10.4 Å². The monoisotopic (exact) mass is 1040 g/mol. The number of rotatable bonds is 26. The third-order valence-corrected chi connectivity index (χ3v) is 19.0. The molecule has 76 heavy (non-hydrogen) atoms. The van der Waals surface area contributed by atoms with E-state index in [1.165, 1.54) is 4.90 Å². The third kappa shape index (κ3) is 13.2. The second-order valence-electron chi connectivity index (χ2n) is 20.0. The van der Waals surface area contributed by atoms with Gasteiger partial charge >= 0.3 is 12.1 Å². The summed E-state index contributed by atoms with van der Waals surface area (Å²) in [5, 5.41) is 1.54. The number of benzene rings is 7. The molecule has 392 valence electrons. The average molecular weight is 1040 g/mol. The highest BCUT2D eigenvalue weighted by molar-refractivity contribution is 6.99. The van der Waals surface area contributed by atoms with Crippen molar-refractivity contribution in [2.75, 3.05) is 26.4 Å². The van der Waals surface area contributed by atoms with Crippen LogP contribution in [0, 0.1) is 0 Å². The van der Waals surface area contributed by atoms with Gasteiger partial charge in [0.2, 0.25) is 0 Å². The summed E-state index contributed by atoms with van der Waals surface area (Å²) in [5.74, 6) is -1.26. The van der Waals surface area contributed by atoms with E-state index in [-0.39, 0.29) is 58.5 Å². The summed E-state index contributed by atoms with van der Waals surface area (Å²) < 4.78 is 40.5. The van der Waals surface area contributed by atoms with Crippen molar-refractivity contribution in [1.82, 2.24) is 4.90 Å². The number of carbonyl (C=O) groups is 3. The number of amides is 1. The van der Waals surface area contributed by atoms with Gasteiger partial charge in [0, 0.05) is 12.5 Å². The normalized spacial score (nSPS) is 13.8. The van der Waals surface area contributed by atoms with E-state index >= 15 is 9.59 Å². The van der Waals surface area contributed by atoms with Crippen LogP contribution in [0.2, 0.25) is 5.04 Å². The molecule has 11 heteroatoms. The fraction of sp³-hybridized carbons (Fsp3) is 0.277. The van der Waals surface area contributed by atoms with Gasteiger partial charge in [-0.15, -0.1) is 6.58 Å². The van der Waals surface area contributed by atoms with E-state index in [0.29, 0.717) is 0 Å². The largest absolute Gasteiger partial charge is 0.466 e. The summed E-state index contributed by atoms with van der Waals surface area (Å²) in [6.45, 7) is 12.0. The van der Waals surface area contributed by atoms with E-state index in [0.717, 1.165) is 49.3 Å². The van der Waals surface area contributed by atoms with Crippen molar-refractivity contribution < 1.29 is 42.5 Å². The maximum atomic E-state index is 15.9. The number of ketones is 1. The first-order valence-corrected chi connectivity index (χ1v) is 28.1. The first kappa shape index (κ1) is 55.0. The number of esters is 1. The Morgan fingerprint density at radius 1 is 0.579 bits per heavy atom. The first-order valence-electron chi connectivity index (χ1n) is 26.1. The lowest BCUT2D eigenvalue weighted by Crippen LogP contribution is -2.67. The highest BCUT2D eigenvalue weighted by Crippen LogP contribution is 2.45. The van der Waals surface area contributed by atoms with Gasteiger partial charge in [0.15, 0.2) is 5.78 Å². The minimum atomic E-state index is -3.29. The highest BCUT2D eigenvalue weighted by Gasteiger charge is 2.52. The van der Waals surface area contributed by atoms with E-state index in [9.17, 15) is 4.79 Å². The Bertz CT molecular complexity index is 2870. The average Bonchev–Trinajstić information content (AvgIpc) is 3.79. The predicted octanol–water partition coefficient (Wildman–Crippen LogP) is 11.6. The van der Waals surface area contributed by atoms with Crippen LogP contribution in [0.1, 0.15) is 67.9 Å². The summed E-state index contributed by atoms with van der Waals surface area (Å²) in [4.78, 5) is 46.7. The van der Waals surface area contributed by atoms with Gasteiger partial charge in [-0.05, 0) is 61.3 Å². The maximum Gasteiger partial charge on any atom is 0.410 e. The number of fused-ring (bicyclic) bond motifs is 3. The SMILES string of the molecule is C=CCN(C(=O)OCC1c2ccccc2-c2ccccc21)[C@H](CC(=O)OCC)[C@H](OCc1ccccc1)[C@@H](OCc1ccccc1)[C@H](OCc1ccccc1)C(=O)CO[Si](c1ccccc1)(c1ccccc1)C(C)(C)C. The van der Waals surface area contributed by atoms with Crippen molar-refractivity contribution >= 4 is 36.5 Å². The molecule has 0 N–H and O–H groups in total. The number of ether oxygens (including phenoxy) is 5. The third-order valence-electron chi connectivity index (χ3n) is 14.0. The van der Waals surface area contributed by atoms with E-state index in [2.05, 4.69) is 75.9 Å². The van der Waals surface area contributed by atoms with Gasteiger partial charge in [0.25, 0.3) is 8.32 Å². The summed E-state index contributed by atoms with van der Waals surface area (Å²) in [7, 11) is -3.29. The van der Waals surface area contributed by atoms with Crippen molar-refractivity contribution in [2.24, 2.45) is 0 Å². The zero-order valence-corrected chi connectivity index (χ0v) is 45.0. The van der Waals surface area contributed by atoms with Gasteiger partial charge in [0.05, 0.1) is 45.5 Å². The van der Waals surface area contributed by atoms with Crippen molar-refractivity contribution in [2.45, 2.75) is 89.2 Å². The van der Waals surface area contributed by atoms with Crippen molar-refractivity contribution in [3.63, 3.8) is 0 Å². The fourth-order valence-electron chi connectivity index (χ4n) is 10.4. The summed E-state index contributed by atoms with van der Waals surface area (Å²) in [5.41, 5.74) is 6.69. The summed E-state index contributed by atoms with van der Waals surface area (Å²) in [6, 6.07) is 64.2. The summed E-state index contributed by atoms with van der Waals surface area (Å²) in [6.07, 6.45) is -3.40. The van der Waals surface area contributed by atoms with Crippen LogP contribution in [0.4, 0.5) is 4.79 Å². The van der Waals surface area contributed by atoms with Crippen molar-refractivity contribution in [1.29, 1.82) is 0 Å². The minimum absolute atomic E-state index is 0.0109. The van der Waals surface area contributed by atoms with Crippen LogP contribution >= 0.6 is 0 Å². The Labute approximate surface area is 449 Å². The molecular formula is C65H69NO9Si. The molecule has 0 bridgehead atoms. The lowest BCUT2D eigenvalue weighted by atomic mass is 9.94. The van der Waals surface area contributed by atoms with Gasteiger partial charge < -0.3 is 28.1 Å². The number of hydrogen-bond acceptors (Lipinski definition) is 9. The molecule has 10 nitrogen and oxygen atoms in total. The second-order valence-corrected chi connectivity index (χ2v) is 24.3. The Kier molecular flexibility index (Phi) is 19.2. The lowest BCUT2D eigenvalue weighted by Gasteiger charge is -2.43. The first-order chi connectivity index (χ1) is 37.0. The molecule has 0 fully saturated rings. The van der Waals surface area contributed by atoms with Crippen LogP contribution in [0.25, 0.3) is 11.1 Å². The van der Waals surface area contributed by atoms with E-state index < -0.39 is 55.6 Å². The summed E-state index contributed by atoms with van der Waals surface area (Å²) >= 11 is 0. The fourth-order valence-corrected chi connectivity index (χ4v) is 14.9. The molecule has 7 aromatic carbocycles. The Hall–Kier alpha value is -7.25. The van der Waals surface area contributed by atoms with E-state index in [4.69, 9.17) is 28.1 Å². The molecule has 1 amide bonds. The molecule has 0 spiro atoms. The molecule has 7 aromatic rings. The van der Waals surface area contributed by atoms with Crippen LogP contribution in [-0.2, 0) is 57.5 Å². The molecule has 4 atom stereocenters. The maximum absolute atomic E-state index is 15.9.